The molecule has 0 aromatic rings. The molecular weight excluding hydrogens is 212 g/mol. The Morgan fingerprint density at radius 1 is 1.18 bits per heavy atom. The van der Waals surface area contributed by atoms with Crippen LogP contribution >= 0.6 is 0 Å². The van der Waals surface area contributed by atoms with Crippen LogP contribution in [-0.2, 0) is 4.74 Å². The summed E-state index contributed by atoms with van der Waals surface area (Å²) in [6.07, 6.45) is 12.8. The predicted molar refractivity (Wildman–Crippen MR) is 67.9 cm³/mol. The van der Waals surface area contributed by atoms with Gasteiger partial charge in [0.1, 0.15) is 5.60 Å². The van der Waals surface area contributed by atoms with E-state index in [1.165, 1.54) is 31.3 Å². The smallest absolute Gasteiger partial charge is 0.113 e. The van der Waals surface area contributed by atoms with Crippen molar-refractivity contribution in [2.24, 2.45) is 0 Å². The lowest BCUT2D eigenvalue weighted by molar-refractivity contribution is -0.169. The molecule has 17 heavy (non-hydrogen) atoms. The molecule has 2 saturated carbocycles. The number of ether oxygens (including phenoxy) is 1. The number of fused-ring (bicyclic) bond motifs is 1. The zero-order valence-electron chi connectivity index (χ0n) is 10.9. The third-order valence-electron chi connectivity index (χ3n) is 5.05. The summed E-state index contributed by atoms with van der Waals surface area (Å²) in [5.41, 5.74) is 0.422. The predicted octanol–water partition coefficient (Wildman–Crippen LogP) is 3.34. The van der Waals surface area contributed by atoms with Gasteiger partial charge in [-0.1, -0.05) is 25.7 Å². The van der Waals surface area contributed by atoms with E-state index in [0.717, 1.165) is 32.1 Å². The monoisotopic (exact) mass is 236 g/mol. The molecular formula is C15H24O2. The Morgan fingerprint density at radius 3 is 2.65 bits per heavy atom. The SMILES string of the molecule is C[C@]1(C2(O)CCCCC2)C=C2CCCC[C@@H]2O1. The minimum absolute atomic E-state index is 0.305. The van der Waals surface area contributed by atoms with Crippen LogP contribution in [0.1, 0.15) is 64.7 Å². The molecule has 2 fully saturated rings. The van der Waals surface area contributed by atoms with Crippen molar-refractivity contribution in [3.63, 3.8) is 0 Å². The maximum Gasteiger partial charge on any atom is 0.113 e. The third-order valence-corrected chi connectivity index (χ3v) is 5.05. The van der Waals surface area contributed by atoms with Gasteiger partial charge in [-0.05, 0) is 50.7 Å². The van der Waals surface area contributed by atoms with E-state index < -0.39 is 11.2 Å². The van der Waals surface area contributed by atoms with Crippen molar-refractivity contribution < 1.29 is 9.84 Å². The Labute approximate surface area is 104 Å². The molecule has 2 nitrogen and oxygen atoms in total. The minimum atomic E-state index is -0.615. The van der Waals surface area contributed by atoms with Crippen molar-refractivity contribution in [2.45, 2.75) is 82.0 Å². The van der Waals surface area contributed by atoms with Gasteiger partial charge in [0.05, 0.1) is 11.7 Å². The van der Waals surface area contributed by atoms with Gasteiger partial charge in [0.25, 0.3) is 0 Å². The fourth-order valence-electron chi connectivity index (χ4n) is 3.87. The molecule has 0 aromatic carbocycles. The molecule has 0 saturated heterocycles. The Balaban J connectivity index is 1.84. The first-order chi connectivity index (χ1) is 8.13. The fourth-order valence-corrected chi connectivity index (χ4v) is 3.87. The number of aliphatic hydroxyl groups is 1. The quantitative estimate of drug-likeness (QED) is 0.708. The van der Waals surface area contributed by atoms with Crippen LogP contribution in [0.4, 0.5) is 0 Å². The fraction of sp³-hybridized carbons (Fsp3) is 0.867. The second-order valence-corrected chi connectivity index (χ2v) is 6.27. The minimum Gasteiger partial charge on any atom is -0.387 e. The topological polar surface area (TPSA) is 29.5 Å². The molecule has 2 atom stereocenters. The Hall–Kier alpha value is -0.340. The van der Waals surface area contributed by atoms with Crippen LogP contribution in [0.25, 0.3) is 0 Å². The van der Waals surface area contributed by atoms with Crippen LogP contribution in [0.3, 0.4) is 0 Å². The number of hydrogen-bond acceptors (Lipinski definition) is 2. The van der Waals surface area contributed by atoms with E-state index in [1.54, 1.807) is 0 Å². The van der Waals surface area contributed by atoms with Crippen molar-refractivity contribution in [2.75, 3.05) is 0 Å². The highest BCUT2D eigenvalue weighted by atomic mass is 16.5. The first kappa shape index (κ1) is 11.7. The van der Waals surface area contributed by atoms with Crippen LogP contribution in [0.15, 0.2) is 11.6 Å². The highest BCUT2D eigenvalue weighted by Crippen LogP contribution is 2.47. The molecule has 1 aliphatic heterocycles. The van der Waals surface area contributed by atoms with E-state index in [-0.39, 0.29) is 0 Å². The Kier molecular flexibility index (Phi) is 2.83. The average Bonchev–Trinajstić information content (AvgIpc) is 2.68. The average molecular weight is 236 g/mol. The van der Waals surface area contributed by atoms with Crippen LogP contribution in [0.5, 0.6) is 0 Å². The molecule has 0 radical (unpaired) electrons. The number of hydrogen-bond donors (Lipinski definition) is 1. The normalized spacial score (nSPS) is 40.8. The maximum atomic E-state index is 10.9. The van der Waals surface area contributed by atoms with Crippen molar-refractivity contribution in [3.05, 3.63) is 11.6 Å². The van der Waals surface area contributed by atoms with Gasteiger partial charge in [0.15, 0.2) is 0 Å². The first-order valence-electron chi connectivity index (χ1n) is 7.25. The van der Waals surface area contributed by atoms with Gasteiger partial charge in [-0.2, -0.15) is 0 Å². The lowest BCUT2D eigenvalue weighted by Gasteiger charge is -2.44. The zero-order valence-corrected chi connectivity index (χ0v) is 10.9. The summed E-state index contributed by atoms with van der Waals surface area (Å²) in [6.45, 7) is 2.10. The largest absolute Gasteiger partial charge is 0.387 e. The second-order valence-electron chi connectivity index (χ2n) is 6.27. The Bertz CT molecular complexity index is 328. The molecule has 2 heteroatoms. The summed E-state index contributed by atoms with van der Waals surface area (Å²) >= 11 is 0. The standard InChI is InChI=1S/C15H24O2/c1-14(15(16)9-5-2-6-10-15)11-12-7-3-4-8-13(12)17-14/h11,13,16H,2-10H2,1H3/t13-,14+/m0/s1. The molecule has 0 amide bonds. The molecule has 0 bridgehead atoms. The van der Waals surface area contributed by atoms with Crippen LogP contribution in [0.2, 0.25) is 0 Å². The molecule has 1 heterocycles. The first-order valence-corrected chi connectivity index (χ1v) is 7.25. The summed E-state index contributed by atoms with van der Waals surface area (Å²) in [4.78, 5) is 0. The van der Waals surface area contributed by atoms with E-state index >= 15 is 0 Å². The summed E-state index contributed by atoms with van der Waals surface area (Å²) in [5.74, 6) is 0. The lowest BCUT2D eigenvalue weighted by Crippen LogP contribution is -2.53. The van der Waals surface area contributed by atoms with Gasteiger partial charge in [-0.25, -0.2) is 0 Å². The van der Waals surface area contributed by atoms with Gasteiger partial charge in [0.2, 0.25) is 0 Å². The third kappa shape index (κ3) is 1.86. The van der Waals surface area contributed by atoms with Crippen LogP contribution in [-0.4, -0.2) is 22.4 Å². The summed E-state index contributed by atoms with van der Waals surface area (Å²) in [5, 5.41) is 10.9. The Morgan fingerprint density at radius 2 is 1.94 bits per heavy atom. The van der Waals surface area contributed by atoms with Crippen LogP contribution < -0.4 is 0 Å². The van der Waals surface area contributed by atoms with E-state index in [0.29, 0.717) is 6.10 Å². The number of rotatable bonds is 1. The van der Waals surface area contributed by atoms with E-state index in [1.807, 2.05) is 0 Å². The zero-order chi connectivity index (χ0) is 11.9. The summed E-state index contributed by atoms with van der Waals surface area (Å²) in [7, 11) is 0. The van der Waals surface area contributed by atoms with Crippen molar-refractivity contribution in [3.8, 4) is 0 Å². The van der Waals surface area contributed by atoms with E-state index in [4.69, 9.17) is 4.74 Å². The molecule has 0 aromatic heterocycles. The van der Waals surface area contributed by atoms with Gasteiger partial charge in [-0.3, -0.25) is 0 Å². The van der Waals surface area contributed by atoms with Crippen LogP contribution in [0, 0.1) is 0 Å². The van der Waals surface area contributed by atoms with Gasteiger partial charge in [-0.15, -0.1) is 0 Å². The van der Waals surface area contributed by atoms with Crippen molar-refractivity contribution in [1.29, 1.82) is 0 Å². The van der Waals surface area contributed by atoms with Crippen molar-refractivity contribution >= 4 is 0 Å². The highest BCUT2D eigenvalue weighted by Gasteiger charge is 2.51. The molecule has 96 valence electrons. The second kappa shape index (κ2) is 4.10. The molecule has 0 spiro atoms. The molecule has 3 rings (SSSR count). The van der Waals surface area contributed by atoms with Crippen molar-refractivity contribution in [1.82, 2.24) is 0 Å². The molecule has 2 aliphatic carbocycles. The summed E-state index contributed by atoms with van der Waals surface area (Å²) < 4.78 is 6.25. The maximum absolute atomic E-state index is 10.9. The summed E-state index contributed by atoms with van der Waals surface area (Å²) in [6, 6.07) is 0. The van der Waals surface area contributed by atoms with E-state index in [9.17, 15) is 5.11 Å². The van der Waals surface area contributed by atoms with E-state index in [2.05, 4.69) is 13.0 Å². The lowest BCUT2D eigenvalue weighted by atomic mass is 9.73. The molecule has 1 N–H and O–H groups in total. The molecule has 3 aliphatic rings. The van der Waals surface area contributed by atoms with Gasteiger partial charge >= 0.3 is 0 Å². The molecule has 0 unspecified atom stereocenters. The highest BCUT2D eigenvalue weighted by molar-refractivity contribution is 5.27. The van der Waals surface area contributed by atoms with Gasteiger partial charge in [0, 0.05) is 0 Å². The van der Waals surface area contributed by atoms with Gasteiger partial charge < -0.3 is 9.84 Å².